The van der Waals surface area contributed by atoms with Gasteiger partial charge in [0.05, 0.1) is 10.7 Å². The van der Waals surface area contributed by atoms with Crippen molar-refractivity contribution in [2.75, 3.05) is 5.32 Å². The zero-order valence-corrected chi connectivity index (χ0v) is 11.8. The van der Waals surface area contributed by atoms with Crippen molar-refractivity contribution in [3.8, 4) is 0 Å². The fourth-order valence-corrected chi connectivity index (χ4v) is 2.10. The molecule has 1 heterocycles. The number of aromatic nitrogens is 1. The van der Waals surface area contributed by atoms with E-state index in [4.69, 9.17) is 23.2 Å². The number of benzene rings is 1. The van der Waals surface area contributed by atoms with Crippen molar-refractivity contribution >= 4 is 28.9 Å². The van der Waals surface area contributed by atoms with Gasteiger partial charge in [0.15, 0.2) is 0 Å². The summed E-state index contributed by atoms with van der Waals surface area (Å²) < 4.78 is 0. The Kier molecular flexibility index (Phi) is 4.10. The third-order valence-electron chi connectivity index (χ3n) is 2.87. The summed E-state index contributed by atoms with van der Waals surface area (Å²) in [5.74, 6) is 0. The van der Waals surface area contributed by atoms with Crippen molar-refractivity contribution in [1.82, 2.24) is 4.98 Å². The Morgan fingerprint density at radius 3 is 2.61 bits per heavy atom. The van der Waals surface area contributed by atoms with Crippen LogP contribution in [0.5, 0.6) is 0 Å². The van der Waals surface area contributed by atoms with Gasteiger partial charge in [-0.1, -0.05) is 23.2 Å². The van der Waals surface area contributed by atoms with Crippen LogP contribution in [0.2, 0.25) is 10.0 Å². The van der Waals surface area contributed by atoms with Crippen LogP contribution in [0.15, 0.2) is 30.6 Å². The van der Waals surface area contributed by atoms with Crippen molar-refractivity contribution in [2.24, 2.45) is 0 Å². The summed E-state index contributed by atoms with van der Waals surface area (Å²) in [5.41, 5.74) is 4.16. The van der Waals surface area contributed by atoms with Gasteiger partial charge < -0.3 is 5.32 Å². The number of nitrogens with one attached hydrogen (secondary N) is 1. The number of hydrogen-bond acceptors (Lipinski definition) is 2. The molecule has 2 aromatic rings. The summed E-state index contributed by atoms with van der Waals surface area (Å²) in [6, 6.07) is 5.70. The van der Waals surface area contributed by atoms with E-state index < -0.39 is 0 Å². The Hall–Kier alpha value is -1.25. The maximum atomic E-state index is 6.17. The molecule has 1 aromatic heterocycles. The lowest BCUT2D eigenvalue weighted by Gasteiger charge is -2.11. The topological polar surface area (TPSA) is 24.9 Å². The molecular weight excluding hydrogens is 267 g/mol. The highest BCUT2D eigenvalue weighted by atomic mass is 35.5. The first-order valence-electron chi connectivity index (χ1n) is 5.67. The highest BCUT2D eigenvalue weighted by Gasteiger charge is 2.05. The maximum Gasteiger partial charge on any atom is 0.0641 e. The highest BCUT2D eigenvalue weighted by Crippen LogP contribution is 2.29. The van der Waals surface area contributed by atoms with Crippen molar-refractivity contribution in [2.45, 2.75) is 20.4 Å². The summed E-state index contributed by atoms with van der Waals surface area (Å²) in [7, 11) is 0. The number of rotatable bonds is 3. The van der Waals surface area contributed by atoms with E-state index in [1.807, 2.05) is 31.3 Å². The van der Waals surface area contributed by atoms with Crippen LogP contribution in [0.25, 0.3) is 0 Å². The minimum absolute atomic E-state index is 0.679. The standard InChI is InChI=1S/C14H14Cl2N2/c1-9-3-4-17-7-11(9)8-18-14-6-12(15)10(2)5-13(14)16/h3-7,18H,8H2,1-2H3. The second kappa shape index (κ2) is 5.59. The third-order valence-corrected chi connectivity index (χ3v) is 3.58. The average molecular weight is 281 g/mol. The first kappa shape index (κ1) is 13.2. The molecule has 0 aliphatic carbocycles. The molecule has 0 aliphatic rings. The predicted octanol–water partition coefficient (Wildman–Crippen LogP) is 4.62. The molecule has 2 rings (SSSR count). The summed E-state index contributed by atoms with van der Waals surface area (Å²) >= 11 is 12.3. The molecule has 18 heavy (non-hydrogen) atoms. The summed E-state index contributed by atoms with van der Waals surface area (Å²) in [6.07, 6.45) is 3.64. The number of hydrogen-bond donors (Lipinski definition) is 1. The quantitative estimate of drug-likeness (QED) is 0.888. The second-order valence-electron chi connectivity index (χ2n) is 4.24. The molecule has 0 saturated heterocycles. The van der Waals surface area contributed by atoms with E-state index in [0.29, 0.717) is 16.6 Å². The maximum absolute atomic E-state index is 6.17. The van der Waals surface area contributed by atoms with Gasteiger partial charge in [0.2, 0.25) is 0 Å². The van der Waals surface area contributed by atoms with Crippen LogP contribution in [-0.2, 0) is 6.54 Å². The van der Waals surface area contributed by atoms with Crippen LogP contribution in [-0.4, -0.2) is 4.98 Å². The van der Waals surface area contributed by atoms with Crippen molar-refractivity contribution in [3.63, 3.8) is 0 Å². The van der Waals surface area contributed by atoms with Gasteiger partial charge in [-0.3, -0.25) is 4.98 Å². The normalized spacial score (nSPS) is 10.4. The molecule has 0 radical (unpaired) electrons. The van der Waals surface area contributed by atoms with Gasteiger partial charge in [-0.2, -0.15) is 0 Å². The van der Waals surface area contributed by atoms with Gasteiger partial charge in [-0.05, 0) is 48.7 Å². The van der Waals surface area contributed by atoms with Gasteiger partial charge >= 0.3 is 0 Å². The highest BCUT2D eigenvalue weighted by molar-refractivity contribution is 6.35. The minimum Gasteiger partial charge on any atom is -0.380 e. The lowest BCUT2D eigenvalue weighted by molar-refractivity contribution is 1.08. The Balaban J connectivity index is 2.16. The predicted molar refractivity (Wildman–Crippen MR) is 77.5 cm³/mol. The number of nitrogens with zero attached hydrogens (tertiary/aromatic N) is 1. The van der Waals surface area contributed by atoms with Crippen LogP contribution in [0, 0.1) is 13.8 Å². The third kappa shape index (κ3) is 2.95. The molecule has 1 aromatic carbocycles. The van der Waals surface area contributed by atoms with Gasteiger partial charge in [-0.15, -0.1) is 0 Å². The van der Waals surface area contributed by atoms with Crippen LogP contribution in [0.3, 0.4) is 0 Å². The van der Waals surface area contributed by atoms with Crippen LogP contribution in [0.4, 0.5) is 5.69 Å². The summed E-state index contributed by atoms with van der Waals surface area (Å²) in [5, 5.41) is 4.67. The molecule has 0 atom stereocenters. The van der Waals surface area contributed by atoms with E-state index in [1.165, 1.54) is 5.56 Å². The molecule has 0 unspecified atom stereocenters. The SMILES string of the molecule is Cc1cc(Cl)c(NCc2cnccc2C)cc1Cl. The van der Waals surface area contributed by atoms with Crippen molar-refractivity contribution in [3.05, 3.63) is 57.3 Å². The number of aryl methyl sites for hydroxylation is 2. The largest absolute Gasteiger partial charge is 0.380 e. The van der Waals surface area contributed by atoms with Crippen LogP contribution in [0.1, 0.15) is 16.7 Å². The second-order valence-corrected chi connectivity index (χ2v) is 5.05. The smallest absolute Gasteiger partial charge is 0.0641 e. The monoisotopic (exact) mass is 280 g/mol. The molecule has 1 N–H and O–H groups in total. The Bertz CT molecular complexity index is 568. The van der Waals surface area contributed by atoms with E-state index in [2.05, 4.69) is 17.2 Å². The van der Waals surface area contributed by atoms with Crippen molar-refractivity contribution in [1.29, 1.82) is 0 Å². The number of pyridine rings is 1. The minimum atomic E-state index is 0.679. The molecule has 2 nitrogen and oxygen atoms in total. The lowest BCUT2D eigenvalue weighted by atomic mass is 10.1. The summed E-state index contributed by atoms with van der Waals surface area (Å²) in [4.78, 5) is 4.11. The summed E-state index contributed by atoms with van der Waals surface area (Å²) in [6.45, 7) is 4.67. The first-order valence-corrected chi connectivity index (χ1v) is 6.42. The Morgan fingerprint density at radius 1 is 1.11 bits per heavy atom. The van der Waals surface area contributed by atoms with Crippen LogP contribution >= 0.6 is 23.2 Å². The zero-order valence-electron chi connectivity index (χ0n) is 10.3. The van der Waals surface area contributed by atoms with Crippen molar-refractivity contribution < 1.29 is 0 Å². The zero-order chi connectivity index (χ0) is 13.1. The molecule has 0 spiro atoms. The fraction of sp³-hybridized carbons (Fsp3) is 0.214. The lowest BCUT2D eigenvalue weighted by Crippen LogP contribution is -2.02. The van der Waals surface area contributed by atoms with Gasteiger partial charge in [0, 0.05) is 24.0 Å². The average Bonchev–Trinajstić information content (AvgIpc) is 2.34. The Labute approximate surface area is 117 Å². The molecule has 0 saturated carbocycles. The molecule has 0 bridgehead atoms. The van der Waals surface area contributed by atoms with E-state index in [9.17, 15) is 0 Å². The first-order chi connectivity index (χ1) is 8.58. The number of halogens is 2. The van der Waals surface area contributed by atoms with Gasteiger partial charge in [-0.25, -0.2) is 0 Å². The molecular formula is C14H14Cl2N2. The molecule has 4 heteroatoms. The molecule has 0 fully saturated rings. The van der Waals surface area contributed by atoms with Gasteiger partial charge in [0.25, 0.3) is 0 Å². The van der Waals surface area contributed by atoms with Crippen LogP contribution < -0.4 is 5.32 Å². The number of anilines is 1. The van der Waals surface area contributed by atoms with E-state index >= 15 is 0 Å². The van der Waals surface area contributed by atoms with E-state index in [1.54, 1.807) is 6.20 Å². The fourth-order valence-electron chi connectivity index (χ4n) is 1.65. The van der Waals surface area contributed by atoms with E-state index in [0.717, 1.165) is 16.8 Å². The molecule has 94 valence electrons. The molecule has 0 aliphatic heterocycles. The van der Waals surface area contributed by atoms with E-state index in [-0.39, 0.29) is 0 Å². The Morgan fingerprint density at radius 2 is 1.89 bits per heavy atom. The van der Waals surface area contributed by atoms with Gasteiger partial charge in [0.1, 0.15) is 0 Å². The molecule has 0 amide bonds.